The van der Waals surface area contributed by atoms with Crippen LogP contribution in [0.1, 0.15) is 34.1 Å². The summed E-state index contributed by atoms with van der Waals surface area (Å²) in [6.45, 7) is 5.31. The third-order valence-electron chi connectivity index (χ3n) is 1.38. The maximum Gasteiger partial charge on any atom is 0.392 e. The molecule has 0 aliphatic heterocycles. The van der Waals surface area contributed by atoms with Crippen LogP contribution in [0.3, 0.4) is 0 Å². The second kappa shape index (κ2) is 4.00. The molecule has 0 heterocycles. The molecular formula is C9H15F3O3. The first kappa shape index (κ1) is 14.2. The fourth-order valence-corrected chi connectivity index (χ4v) is 0.851. The van der Waals surface area contributed by atoms with E-state index in [1.807, 2.05) is 0 Å². The predicted molar refractivity (Wildman–Crippen MR) is 47.1 cm³/mol. The first-order valence-corrected chi connectivity index (χ1v) is 4.36. The number of halogens is 3. The van der Waals surface area contributed by atoms with Gasteiger partial charge in [0.15, 0.2) is 5.60 Å². The van der Waals surface area contributed by atoms with Gasteiger partial charge in [-0.2, -0.15) is 13.2 Å². The van der Waals surface area contributed by atoms with E-state index in [9.17, 15) is 23.1 Å². The molecule has 1 N–H and O–H groups in total. The highest BCUT2D eigenvalue weighted by Crippen LogP contribution is 2.29. The van der Waals surface area contributed by atoms with Crippen molar-refractivity contribution in [1.82, 2.24) is 0 Å². The molecule has 15 heavy (non-hydrogen) atoms. The number of alkyl halides is 3. The third kappa shape index (κ3) is 6.33. The van der Waals surface area contributed by atoms with Gasteiger partial charge in [-0.05, 0) is 27.7 Å². The van der Waals surface area contributed by atoms with Gasteiger partial charge in [-0.15, -0.1) is 0 Å². The van der Waals surface area contributed by atoms with Crippen LogP contribution in [0, 0.1) is 0 Å². The fraction of sp³-hybridized carbons (Fsp3) is 0.889. The third-order valence-corrected chi connectivity index (χ3v) is 1.38. The second-order valence-electron chi connectivity index (χ2n) is 4.57. The molecule has 90 valence electrons. The maximum absolute atomic E-state index is 12.0. The number of carbonyl (C=O) groups excluding carboxylic acids is 1. The Kier molecular flexibility index (Phi) is 3.79. The summed E-state index contributed by atoms with van der Waals surface area (Å²) in [5, 5.41) is 9.29. The minimum atomic E-state index is -4.61. The van der Waals surface area contributed by atoms with Crippen LogP contribution in [0.2, 0.25) is 0 Å². The molecule has 0 aromatic heterocycles. The largest absolute Gasteiger partial charge is 0.458 e. The van der Waals surface area contributed by atoms with Gasteiger partial charge in [0.1, 0.15) is 5.60 Å². The molecule has 0 aliphatic carbocycles. The van der Waals surface area contributed by atoms with Crippen LogP contribution in [0.4, 0.5) is 13.2 Å². The Morgan fingerprint density at radius 3 is 1.87 bits per heavy atom. The van der Waals surface area contributed by atoms with Crippen LogP contribution in [0.5, 0.6) is 0 Å². The van der Waals surface area contributed by atoms with E-state index in [1.54, 1.807) is 0 Å². The van der Waals surface area contributed by atoms with Crippen molar-refractivity contribution in [2.75, 3.05) is 0 Å². The molecule has 3 nitrogen and oxygen atoms in total. The van der Waals surface area contributed by atoms with Crippen molar-refractivity contribution in [2.24, 2.45) is 0 Å². The van der Waals surface area contributed by atoms with E-state index in [1.165, 1.54) is 20.8 Å². The molecule has 0 saturated heterocycles. The van der Waals surface area contributed by atoms with Gasteiger partial charge < -0.3 is 9.84 Å². The van der Waals surface area contributed by atoms with E-state index >= 15 is 0 Å². The van der Waals surface area contributed by atoms with Gasteiger partial charge in [-0.25, -0.2) is 4.79 Å². The molecule has 0 aromatic carbocycles. The molecule has 0 saturated carbocycles. The second-order valence-corrected chi connectivity index (χ2v) is 4.57. The summed E-state index contributed by atoms with van der Waals surface area (Å²) in [4.78, 5) is 11.2. The molecule has 0 amide bonds. The first-order chi connectivity index (χ1) is 6.33. The lowest BCUT2D eigenvalue weighted by Gasteiger charge is -2.27. The topological polar surface area (TPSA) is 46.5 Å². The average molecular weight is 228 g/mol. The first-order valence-electron chi connectivity index (χ1n) is 4.36. The Morgan fingerprint density at radius 1 is 1.20 bits per heavy atom. The minimum absolute atomic E-state index is 0.786. The normalized spacial score (nSPS) is 17.1. The van der Waals surface area contributed by atoms with E-state index in [0.717, 1.165) is 6.92 Å². The van der Waals surface area contributed by atoms with Crippen LogP contribution in [0.25, 0.3) is 0 Å². The molecule has 0 bridgehead atoms. The van der Waals surface area contributed by atoms with Crippen molar-refractivity contribution in [2.45, 2.75) is 51.5 Å². The molecule has 1 unspecified atom stereocenters. The molecule has 0 radical (unpaired) electrons. The Hall–Kier alpha value is -0.780. The average Bonchev–Trinajstić information content (AvgIpc) is 1.75. The molecule has 0 spiro atoms. The number of hydrogen-bond acceptors (Lipinski definition) is 3. The van der Waals surface area contributed by atoms with Crippen molar-refractivity contribution < 1.29 is 27.8 Å². The summed E-state index contributed by atoms with van der Waals surface area (Å²) in [5.74, 6) is -1.27. The SMILES string of the molecule is CC(C)(C)OC(=O)C(C)(O)CC(F)(F)F. The van der Waals surface area contributed by atoms with Crippen LogP contribution in [-0.2, 0) is 9.53 Å². The highest BCUT2D eigenvalue weighted by atomic mass is 19.4. The Morgan fingerprint density at radius 2 is 1.60 bits per heavy atom. The zero-order valence-corrected chi connectivity index (χ0v) is 9.10. The van der Waals surface area contributed by atoms with Gasteiger partial charge in [-0.3, -0.25) is 0 Å². The number of carbonyl (C=O) groups is 1. The monoisotopic (exact) mass is 228 g/mol. The number of hydrogen-bond donors (Lipinski definition) is 1. The summed E-state index contributed by atoms with van der Waals surface area (Å²) >= 11 is 0. The summed E-state index contributed by atoms with van der Waals surface area (Å²) in [6.07, 6.45) is -6.23. The molecule has 0 rings (SSSR count). The highest BCUT2D eigenvalue weighted by Gasteiger charge is 2.45. The zero-order valence-electron chi connectivity index (χ0n) is 9.10. The number of rotatable bonds is 2. The van der Waals surface area contributed by atoms with Crippen molar-refractivity contribution in [1.29, 1.82) is 0 Å². The Labute approximate surface area is 86.2 Å². The maximum atomic E-state index is 12.0. The van der Waals surface area contributed by atoms with Crippen LogP contribution in [0.15, 0.2) is 0 Å². The minimum Gasteiger partial charge on any atom is -0.458 e. The van der Waals surface area contributed by atoms with Gasteiger partial charge in [0.2, 0.25) is 0 Å². The lowest BCUT2D eigenvalue weighted by molar-refractivity contribution is -0.202. The van der Waals surface area contributed by atoms with Crippen molar-refractivity contribution in [3.63, 3.8) is 0 Å². The molecule has 6 heteroatoms. The van der Waals surface area contributed by atoms with Crippen molar-refractivity contribution in [3.05, 3.63) is 0 Å². The molecule has 0 aliphatic rings. The van der Waals surface area contributed by atoms with E-state index < -0.39 is 29.8 Å². The molecule has 1 atom stereocenters. The van der Waals surface area contributed by atoms with Gasteiger partial charge in [0.25, 0.3) is 0 Å². The molecule has 0 fully saturated rings. The smallest absolute Gasteiger partial charge is 0.392 e. The summed E-state index contributed by atoms with van der Waals surface area (Å²) in [7, 11) is 0. The van der Waals surface area contributed by atoms with E-state index in [4.69, 9.17) is 0 Å². The lowest BCUT2D eigenvalue weighted by Crippen LogP contribution is -2.44. The Bertz CT molecular complexity index is 238. The van der Waals surface area contributed by atoms with Crippen LogP contribution >= 0.6 is 0 Å². The van der Waals surface area contributed by atoms with Crippen molar-refractivity contribution >= 4 is 5.97 Å². The summed E-state index contributed by atoms with van der Waals surface area (Å²) < 4.78 is 40.6. The fourth-order valence-electron chi connectivity index (χ4n) is 0.851. The van der Waals surface area contributed by atoms with E-state index in [2.05, 4.69) is 4.74 Å². The zero-order chi connectivity index (χ0) is 12.5. The van der Waals surface area contributed by atoms with Gasteiger partial charge in [0, 0.05) is 0 Å². The van der Waals surface area contributed by atoms with Crippen LogP contribution in [-0.4, -0.2) is 28.5 Å². The predicted octanol–water partition coefficient (Wildman–Crippen LogP) is 2.03. The quantitative estimate of drug-likeness (QED) is 0.735. The highest BCUT2D eigenvalue weighted by molar-refractivity contribution is 5.79. The van der Waals surface area contributed by atoms with Crippen LogP contribution < -0.4 is 0 Å². The molecule has 0 aromatic rings. The summed E-state index contributed by atoms with van der Waals surface area (Å²) in [5.41, 5.74) is -3.46. The summed E-state index contributed by atoms with van der Waals surface area (Å²) in [6, 6.07) is 0. The van der Waals surface area contributed by atoms with Gasteiger partial charge >= 0.3 is 12.1 Å². The van der Waals surface area contributed by atoms with Crippen molar-refractivity contribution in [3.8, 4) is 0 Å². The number of esters is 1. The van der Waals surface area contributed by atoms with E-state index in [0.29, 0.717) is 0 Å². The van der Waals surface area contributed by atoms with E-state index in [-0.39, 0.29) is 0 Å². The number of ether oxygens (including phenoxy) is 1. The van der Waals surface area contributed by atoms with Gasteiger partial charge in [-0.1, -0.05) is 0 Å². The lowest BCUT2D eigenvalue weighted by atomic mass is 10.0. The number of aliphatic hydroxyl groups is 1. The standard InChI is InChI=1S/C9H15F3O3/c1-7(2,3)15-6(13)8(4,14)5-9(10,11)12/h14H,5H2,1-4H3. The Balaban J connectivity index is 4.54. The molecular weight excluding hydrogens is 213 g/mol. The van der Waals surface area contributed by atoms with Gasteiger partial charge in [0.05, 0.1) is 6.42 Å².